The summed E-state index contributed by atoms with van der Waals surface area (Å²) in [5.74, 6) is 0.608. The molecule has 5 N–H and O–H groups in total. The molecule has 0 radical (unpaired) electrons. The molecule has 5 aromatic rings. The molecule has 2 bridgehead atoms. The quantitative estimate of drug-likeness (QED) is 0.0598. The van der Waals surface area contributed by atoms with Crippen LogP contribution < -0.4 is 20.9 Å². The monoisotopic (exact) mass is 760 g/mol. The fraction of sp³-hybridized carbons (Fsp3) is 0.341. The summed E-state index contributed by atoms with van der Waals surface area (Å²) in [4.78, 5) is 42.5. The predicted octanol–water partition coefficient (Wildman–Crippen LogP) is 5.98. The number of esters is 1. The Labute approximate surface area is 325 Å². The summed E-state index contributed by atoms with van der Waals surface area (Å²) in [7, 11) is 0. The number of aromatic hydroxyl groups is 1. The maximum absolute atomic E-state index is 13.2. The number of piperidine rings is 3. The lowest BCUT2D eigenvalue weighted by Crippen LogP contribution is -2.52. The number of aromatic nitrogens is 1. The number of aliphatic hydroxyl groups excluding tert-OH is 1. The van der Waals surface area contributed by atoms with Crippen LogP contribution in [0.5, 0.6) is 11.5 Å². The number of benzene rings is 4. The van der Waals surface area contributed by atoms with Gasteiger partial charge >= 0.3 is 12.1 Å². The van der Waals surface area contributed by atoms with Gasteiger partial charge in [0.15, 0.2) is 0 Å². The molecule has 56 heavy (non-hydrogen) atoms. The van der Waals surface area contributed by atoms with E-state index in [1.165, 1.54) is 12.1 Å². The molecule has 0 saturated carbocycles. The minimum Gasteiger partial charge on any atom is -0.506 e. The zero-order valence-electron chi connectivity index (χ0n) is 31.2. The largest absolute Gasteiger partial charge is 0.506 e. The number of carbonyl (C=O) groups excluding carboxylic acids is 2. The van der Waals surface area contributed by atoms with Crippen molar-refractivity contribution in [2.75, 3.05) is 39.3 Å². The Morgan fingerprint density at radius 1 is 0.893 bits per heavy atom. The number of aliphatic hydroxyl groups is 1. The van der Waals surface area contributed by atoms with Gasteiger partial charge < -0.3 is 40.0 Å². The standard InChI is InChI=1S/C44H48N4O8/c49-37-17-15-35(36-16-18-40(51)46-42(36)37)38(50)26-45-21-4-5-24-54-43(52)32-13-11-29(12-14-32)28-55-34-10-6-9-33(25-34)41(31-7-2-1-3-8-31)47-44(53)56-39-27-48-22-19-30(39)20-23-48/h1-3,6-18,25,30,38-39,41,45,49-50H,4-5,19-24,26-28H2,(H,46,51)(H,47,53)/t38-,39+,41?/m1/s1. The number of amides is 1. The molecule has 4 heterocycles. The first-order valence-corrected chi connectivity index (χ1v) is 19.3. The molecule has 1 amide bonds. The number of phenolic OH excluding ortho intramolecular Hbond substituents is 1. The SMILES string of the molecule is O=C(NC(c1ccccc1)c1cccc(OCc2ccc(C(=O)OCCCCNC[C@@H](O)c3ccc(O)c4[nH]c(=O)ccc34)cc2)c1)O[C@H]1CN2CCC1CC2. The smallest absolute Gasteiger partial charge is 0.408 e. The van der Waals surface area contributed by atoms with Crippen molar-refractivity contribution in [3.63, 3.8) is 0 Å². The maximum Gasteiger partial charge on any atom is 0.408 e. The van der Waals surface area contributed by atoms with Gasteiger partial charge in [0.25, 0.3) is 0 Å². The second kappa shape index (κ2) is 18.3. The highest BCUT2D eigenvalue weighted by molar-refractivity contribution is 5.89. The fourth-order valence-corrected chi connectivity index (χ4v) is 7.52. The van der Waals surface area contributed by atoms with Gasteiger partial charge in [0, 0.05) is 24.5 Å². The lowest BCUT2D eigenvalue weighted by atomic mass is 9.86. The summed E-state index contributed by atoms with van der Waals surface area (Å²) < 4.78 is 17.6. The molecule has 3 aliphatic rings. The number of unbranched alkanes of at least 4 members (excludes halogenated alkanes) is 1. The number of carbonyl (C=O) groups is 2. The van der Waals surface area contributed by atoms with Crippen LogP contribution in [0.4, 0.5) is 4.79 Å². The summed E-state index contributed by atoms with van der Waals surface area (Å²) in [5, 5.41) is 27.7. The van der Waals surface area contributed by atoms with E-state index in [-0.39, 0.29) is 37.2 Å². The van der Waals surface area contributed by atoms with Gasteiger partial charge in [0.2, 0.25) is 5.56 Å². The second-order valence-electron chi connectivity index (χ2n) is 14.5. The lowest BCUT2D eigenvalue weighted by molar-refractivity contribution is -0.0336. The Hall–Kier alpha value is -5.69. The molecule has 3 saturated heterocycles. The van der Waals surface area contributed by atoms with Gasteiger partial charge in [-0.15, -0.1) is 0 Å². The molecule has 292 valence electrons. The van der Waals surface area contributed by atoms with Crippen LogP contribution in [0.25, 0.3) is 10.9 Å². The Morgan fingerprint density at radius 2 is 1.68 bits per heavy atom. The number of ether oxygens (including phenoxy) is 3. The topological polar surface area (TPSA) is 162 Å². The number of nitrogens with zero attached hydrogens (tertiary/aromatic N) is 1. The summed E-state index contributed by atoms with van der Waals surface area (Å²) in [6.45, 7) is 4.38. The number of H-pyrrole nitrogens is 1. The van der Waals surface area contributed by atoms with Gasteiger partial charge in [0.05, 0.1) is 29.8 Å². The Bertz CT molecular complexity index is 2150. The van der Waals surface area contributed by atoms with Crippen molar-refractivity contribution in [2.24, 2.45) is 5.92 Å². The molecule has 1 aromatic heterocycles. The Balaban J connectivity index is 0.844. The van der Waals surface area contributed by atoms with Gasteiger partial charge in [-0.1, -0.05) is 60.7 Å². The van der Waals surface area contributed by atoms with Gasteiger partial charge in [-0.2, -0.15) is 0 Å². The highest BCUT2D eigenvalue weighted by atomic mass is 16.6. The number of phenols is 1. The number of hydrogen-bond donors (Lipinski definition) is 5. The predicted molar refractivity (Wildman–Crippen MR) is 212 cm³/mol. The summed E-state index contributed by atoms with van der Waals surface area (Å²) >= 11 is 0. The van der Waals surface area contributed by atoms with Crippen molar-refractivity contribution < 1.29 is 34.0 Å². The molecular formula is C44H48N4O8. The molecular weight excluding hydrogens is 713 g/mol. The highest BCUT2D eigenvalue weighted by Crippen LogP contribution is 2.31. The molecule has 3 fully saturated rings. The lowest BCUT2D eigenvalue weighted by Gasteiger charge is -2.43. The minimum atomic E-state index is -0.841. The van der Waals surface area contributed by atoms with Crippen molar-refractivity contribution in [2.45, 2.75) is 50.5 Å². The molecule has 3 aliphatic heterocycles. The number of alkyl carbamates (subject to hydrolysis) is 1. The third kappa shape index (κ3) is 9.75. The average molecular weight is 761 g/mol. The molecule has 4 aromatic carbocycles. The van der Waals surface area contributed by atoms with Crippen molar-refractivity contribution in [3.05, 3.63) is 141 Å². The zero-order chi connectivity index (χ0) is 38.9. The molecule has 0 spiro atoms. The first kappa shape index (κ1) is 38.6. The maximum atomic E-state index is 13.2. The van der Waals surface area contributed by atoms with E-state index in [0.717, 1.165) is 55.6 Å². The van der Waals surface area contributed by atoms with E-state index >= 15 is 0 Å². The van der Waals surface area contributed by atoms with Gasteiger partial charge in [-0.25, -0.2) is 9.59 Å². The van der Waals surface area contributed by atoms with Gasteiger partial charge in [-0.05, 0) is 110 Å². The van der Waals surface area contributed by atoms with Crippen LogP contribution in [0.2, 0.25) is 0 Å². The van der Waals surface area contributed by atoms with Crippen LogP contribution in [0.15, 0.2) is 108 Å². The third-order valence-corrected chi connectivity index (χ3v) is 10.6. The van der Waals surface area contributed by atoms with Crippen molar-refractivity contribution in [1.82, 2.24) is 20.5 Å². The number of nitrogens with one attached hydrogen (secondary N) is 3. The normalized spacial score (nSPS) is 18.6. The number of aromatic amines is 1. The van der Waals surface area contributed by atoms with E-state index in [1.54, 1.807) is 24.3 Å². The molecule has 0 aliphatic carbocycles. The Morgan fingerprint density at radius 3 is 2.45 bits per heavy atom. The van der Waals surface area contributed by atoms with Crippen LogP contribution in [-0.2, 0) is 16.1 Å². The average Bonchev–Trinajstić information content (AvgIpc) is 3.23. The first-order chi connectivity index (χ1) is 27.3. The molecule has 8 rings (SSSR count). The van der Waals surface area contributed by atoms with E-state index in [2.05, 4.69) is 20.5 Å². The third-order valence-electron chi connectivity index (χ3n) is 10.6. The van der Waals surface area contributed by atoms with Crippen molar-refractivity contribution >= 4 is 23.0 Å². The van der Waals surface area contributed by atoms with E-state index < -0.39 is 24.2 Å². The van der Waals surface area contributed by atoms with Crippen LogP contribution in [0.1, 0.15) is 70.4 Å². The molecule has 3 atom stereocenters. The highest BCUT2D eigenvalue weighted by Gasteiger charge is 2.37. The Kier molecular flexibility index (Phi) is 12.6. The van der Waals surface area contributed by atoms with Gasteiger partial charge in [-0.3, -0.25) is 9.69 Å². The molecule has 1 unspecified atom stereocenters. The van der Waals surface area contributed by atoms with Gasteiger partial charge in [0.1, 0.15) is 24.2 Å². The van der Waals surface area contributed by atoms with Crippen LogP contribution in [-0.4, -0.2) is 77.6 Å². The van der Waals surface area contributed by atoms with Crippen LogP contribution >= 0.6 is 0 Å². The number of fused-ring (bicyclic) bond motifs is 4. The zero-order valence-corrected chi connectivity index (χ0v) is 31.2. The van der Waals surface area contributed by atoms with E-state index in [1.807, 2.05) is 66.7 Å². The number of rotatable bonds is 16. The fourth-order valence-electron chi connectivity index (χ4n) is 7.52. The van der Waals surface area contributed by atoms with E-state index in [0.29, 0.717) is 46.7 Å². The summed E-state index contributed by atoms with van der Waals surface area (Å²) in [6.07, 6.45) is 2.15. The van der Waals surface area contributed by atoms with E-state index in [4.69, 9.17) is 14.2 Å². The number of pyridine rings is 1. The molecule has 12 heteroatoms. The summed E-state index contributed by atoms with van der Waals surface area (Å²) in [5.41, 5.74) is 3.69. The van der Waals surface area contributed by atoms with Crippen LogP contribution in [0, 0.1) is 5.92 Å². The van der Waals surface area contributed by atoms with Crippen molar-refractivity contribution in [1.29, 1.82) is 0 Å². The first-order valence-electron chi connectivity index (χ1n) is 19.3. The second-order valence-corrected chi connectivity index (χ2v) is 14.5. The van der Waals surface area contributed by atoms with Crippen LogP contribution in [0.3, 0.4) is 0 Å². The number of hydrogen-bond acceptors (Lipinski definition) is 10. The van der Waals surface area contributed by atoms with Crippen molar-refractivity contribution in [3.8, 4) is 11.5 Å². The van der Waals surface area contributed by atoms with E-state index in [9.17, 15) is 24.6 Å². The molecule has 12 nitrogen and oxygen atoms in total. The summed E-state index contributed by atoms with van der Waals surface area (Å²) in [6, 6.07) is 30.2. The minimum absolute atomic E-state index is 0.0542.